The number of nitrogens with zero attached hydrogens (tertiary/aromatic N) is 2. The Morgan fingerprint density at radius 1 is 1.19 bits per heavy atom. The molecule has 168 valence electrons. The van der Waals surface area contributed by atoms with Crippen LogP contribution in [0.25, 0.3) is 0 Å². The van der Waals surface area contributed by atoms with Crippen LogP contribution < -0.4 is 9.64 Å². The maximum atomic E-state index is 12.9. The number of anilines is 1. The van der Waals surface area contributed by atoms with Gasteiger partial charge in [-0.05, 0) is 67.7 Å². The van der Waals surface area contributed by atoms with Crippen LogP contribution in [0.5, 0.6) is 5.75 Å². The molecule has 0 bridgehead atoms. The minimum Gasteiger partial charge on any atom is -0.497 e. The first-order valence-electron chi connectivity index (χ1n) is 12.0. The number of esters is 1. The predicted octanol–water partition coefficient (Wildman–Crippen LogP) is 4.13. The van der Waals surface area contributed by atoms with E-state index in [9.17, 15) is 4.79 Å². The third-order valence-electron chi connectivity index (χ3n) is 8.58. The average Bonchev–Trinajstić information content (AvgIpc) is 3.06. The van der Waals surface area contributed by atoms with E-state index in [2.05, 4.69) is 35.4 Å². The summed E-state index contributed by atoms with van der Waals surface area (Å²) in [6.45, 7) is 11.6. The van der Waals surface area contributed by atoms with E-state index < -0.39 is 0 Å². The Bertz CT molecular complexity index is 830. The molecule has 5 nitrogen and oxygen atoms in total. The zero-order valence-electron chi connectivity index (χ0n) is 19.0. The van der Waals surface area contributed by atoms with Crippen molar-refractivity contribution in [1.82, 2.24) is 4.90 Å². The van der Waals surface area contributed by atoms with E-state index in [0.717, 1.165) is 57.7 Å². The normalized spacial score (nSPS) is 36.0. The van der Waals surface area contributed by atoms with Gasteiger partial charge in [0.25, 0.3) is 0 Å². The second-order valence-corrected chi connectivity index (χ2v) is 10.4. The quantitative estimate of drug-likeness (QED) is 0.537. The first-order chi connectivity index (χ1) is 15.0. The monoisotopic (exact) mass is 424 g/mol. The van der Waals surface area contributed by atoms with Gasteiger partial charge in [0.05, 0.1) is 13.0 Å². The fourth-order valence-electron chi connectivity index (χ4n) is 6.72. The topological polar surface area (TPSA) is 42.0 Å². The molecule has 1 aromatic carbocycles. The molecule has 2 saturated carbocycles. The van der Waals surface area contributed by atoms with E-state index in [-0.39, 0.29) is 23.4 Å². The number of hydrogen-bond donors (Lipinski definition) is 0. The Morgan fingerprint density at radius 3 is 2.65 bits per heavy atom. The molecule has 31 heavy (non-hydrogen) atoms. The molecule has 2 aliphatic carbocycles. The summed E-state index contributed by atoms with van der Waals surface area (Å²) in [5.41, 5.74) is 2.93. The van der Waals surface area contributed by atoms with Crippen molar-refractivity contribution in [2.24, 2.45) is 23.2 Å². The number of allylic oxidation sites excluding steroid dienone is 1. The SMILES string of the molecule is C=C1CCC[C@]2(C)C[C@H]3OC(=O)[C@H](CN4CCN(c5ccc(OC)cc5)CC4)[C@H]3C[C@@H]12. The zero-order chi connectivity index (χ0) is 21.6. The van der Waals surface area contributed by atoms with Crippen LogP contribution in [0.4, 0.5) is 5.69 Å². The molecule has 4 fully saturated rings. The van der Waals surface area contributed by atoms with Crippen molar-refractivity contribution in [3.8, 4) is 5.75 Å². The Hall–Kier alpha value is -2.01. The van der Waals surface area contributed by atoms with Crippen LogP contribution >= 0.6 is 0 Å². The van der Waals surface area contributed by atoms with Crippen molar-refractivity contribution >= 4 is 11.7 Å². The van der Waals surface area contributed by atoms with E-state index >= 15 is 0 Å². The van der Waals surface area contributed by atoms with Crippen molar-refractivity contribution in [2.75, 3.05) is 44.7 Å². The van der Waals surface area contributed by atoms with E-state index in [1.54, 1.807) is 7.11 Å². The highest BCUT2D eigenvalue weighted by Gasteiger charge is 2.55. The van der Waals surface area contributed by atoms with Gasteiger partial charge in [-0.2, -0.15) is 0 Å². The minimum absolute atomic E-state index is 0.0248. The largest absolute Gasteiger partial charge is 0.497 e. The molecule has 2 heterocycles. The van der Waals surface area contributed by atoms with Crippen LogP contribution in [0.15, 0.2) is 36.4 Å². The van der Waals surface area contributed by atoms with Gasteiger partial charge < -0.3 is 14.4 Å². The standard InChI is InChI=1S/C26H36N2O3/c1-18-5-4-10-26(2)16-24-21(15-23(18)26)22(25(29)31-24)17-27-11-13-28(14-12-27)19-6-8-20(30-3)9-7-19/h6-9,21-24H,1,4-5,10-17H2,2-3H3/t21-,22-,23+,24-,26-/m1/s1. The maximum absolute atomic E-state index is 12.9. The number of carbonyl (C=O) groups excluding carboxylic acids is 1. The number of piperazine rings is 1. The van der Waals surface area contributed by atoms with Gasteiger partial charge in [0, 0.05) is 44.3 Å². The summed E-state index contributed by atoms with van der Waals surface area (Å²) in [6, 6.07) is 8.30. The van der Waals surface area contributed by atoms with E-state index in [1.807, 2.05) is 12.1 Å². The molecule has 1 aromatic rings. The molecule has 2 saturated heterocycles. The van der Waals surface area contributed by atoms with Crippen molar-refractivity contribution in [3.05, 3.63) is 36.4 Å². The molecule has 2 aliphatic heterocycles. The van der Waals surface area contributed by atoms with Crippen LogP contribution in [-0.2, 0) is 9.53 Å². The fraction of sp³-hybridized carbons (Fsp3) is 0.654. The van der Waals surface area contributed by atoms with Crippen molar-refractivity contribution < 1.29 is 14.3 Å². The van der Waals surface area contributed by atoms with Gasteiger partial charge in [0.1, 0.15) is 11.9 Å². The summed E-state index contributed by atoms with van der Waals surface area (Å²) in [7, 11) is 1.70. The smallest absolute Gasteiger partial charge is 0.310 e. The molecule has 0 amide bonds. The van der Waals surface area contributed by atoms with Gasteiger partial charge in [-0.15, -0.1) is 0 Å². The van der Waals surface area contributed by atoms with Crippen LogP contribution in [0.1, 0.15) is 39.0 Å². The molecule has 0 spiro atoms. The van der Waals surface area contributed by atoms with E-state index in [4.69, 9.17) is 9.47 Å². The second kappa shape index (κ2) is 8.16. The maximum Gasteiger partial charge on any atom is 0.310 e. The average molecular weight is 425 g/mol. The van der Waals surface area contributed by atoms with Crippen molar-refractivity contribution in [2.45, 2.75) is 45.1 Å². The van der Waals surface area contributed by atoms with Gasteiger partial charge in [0.15, 0.2) is 0 Å². The van der Waals surface area contributed by atoms with Gasteiger partial charge >= 0.3 is 5.97 Å². The summed E-state index contributed by atoms with van der Waals surface area (Å²) in [6.07, 6.45) is 5.86. The first-order valence-corrected chi connectivity index (χ1v) is 12.0. The minimum atomic E-state index is 0.0248. The lowest BCUT2D eigenvalue weighted by Gasteiger charge is -2.50. The third-order valence-corrected chi connectivity index (χ3v) is 8.58. The lowest BCUT2D eigenvalue weighted by atomic mass is 9.55. The lowest BCUT2D eigenvalue weighted by molar-refractivity contribution is -0.146. The van der Waals surface area contributed by atoms with Gasteiger partial charge in [-0.1, -0.05) is 19.1 Å². The number of carbonyl (C=O) groups is 1. The zero-order valence-corrected chi connectivity index (χ0v) is 19.0. The Balaban J connectivity index is 1.21. The number of benzene rings is 1. The first kappa shape index (κ1) is 20.9. The highest BCUT2D eigenvalue weighted by molar-refractivity contribution is 5.75. The summed E-state index contributed by atoms with van der Waals surface area (Å²) < 4.78 is 11.2. The second-order valence-electron chi connectivity index (χ2n) is 10.4. The summed E-state index contributed by atoms with van der Waals surface area (Å²) >= 11 is 0. The van der Waals surface area contributed by atoms with E-state index in [0.29, 0.717) is 11.8 Å². The highest BCUT2D eigenvalue weighted by atomic mass is 16.6. The molecular weight excluding hydrogens is 388 g/mol. The summed E-state index contributed by atoms with van der Waals surface area (Å²) in [5.74, 6) is 1.88. The predicted molar refractivity (Wildman–Crippen MR) is 122 cm³/mol. The molecule has 5 heteroatoms. The number of hydrogen-bond acceptors (Lipinski definition) is 5. The molecule has 0 unspecified atom stereocenters. The van der Waals surface area contributed by atoms with Crippen LogP contribution in [-0.4, -0.2) is 56.8 Å². The van der Waals surface area contributed by atoms with E-state index in [1.165, 1.54) is 24.1 Å². The Morgan fingerprint density at radius 2 is 1.94 bits per heavy atom. The summed E-state index contributed by atoms with van der Waals surface area (Å²) in [5, 5.41) is 0. The van der Waals surface area contributed by atoms with Gasteiger partial charge in [0.2, 0.25) is 0 Å². The molecular formula is C26H36N2O3. The molecule has 5 rings (SSSR count). The Kier molecular flexibility index (Phi) is 5.49. The fourth-order valence-corrected chi connectivity index (χ4v) is 6.72. The van der Waals surface area contributed by atoms with Crippen LogP contribution in [0, 0.1) is 23.2 Å². The van der Waals surface area contributed by atoms with Crippen LogP contribution in [0.3, 0.4) is 0 Å². The van der Waals surface area contributed by atoms with Crippen molar-refractivity contribution in [3.63, 3.8) is 0 Å². The highest BCUT2D eigenvalue weighted by Crippen LogP contribution is 2.56. The molecule has 0 radical (unpaired) electrons. The molecule has 4 aliphatic rings. The molecule has 0 N–H and O–H groups in total. The third kappa shape index (κ3) is 3.86. The number of rotatable bonds is 4. The van der Waals surface area contributed by atoms with Crippen molar-refractivity contribution in [1.29, 1.82) is 0 Å². The Labute approximate surface area is 186 Å². The van der Waals surface area contributed by atoms with Crippen LogP contribution in [0.2, 0.25) is 0 Å². The molecule has 0 aromatic heterocycles. The summed E-state index contributed by atoms with van der Waals surface area (Å²) in [4.78, 5) is 17.7. The lowest BCUT2D eigenvalue weighted by Crippen LogP contribution is -2.50. The van der Waals surface area contributed by atoms with Gasteiger partial charge in [-0.25, -0.2) is 0 Å². The number of methoxy groups -OCH3 is 1. The molecule has 5 atom stereocenters. The number of fused-ring (bicyclic) bond motifs is 2. The van der Waals surface area contributed by atoms with Gasteiger partial charge in [-0.3, -0.25) is 9.69 Å². The number of ether oxygens (including phenoxy) is 2.